The lowest BCUT2D eigenvalue weighted by atomic mass is 10.2. The maximum atomic E-state index is 13.8. The van der Waals surface area contributed by atoms with Crippen molar-refractivity contribution in [3.63, 3.8) is 0 Å². The zero-order valence-corrected chi connectivity index (χ0v) is 17.0. The molecule has 0 aliphatic heterocycles. The molecule has 0 aliphatic carbocycles. The van der Waals surface area contributed by atoms with Crippen molar-refractivity contribution in [2.45, 2.75) is 26.9 Å². The summed E-state index contributed by atoms with van der Waals surface area (Å²) in [5, 5.41) is 8.50. The highest BCUT2D eigenvalue weighted by Gasteiger charge is 2.04. The monoisotopic (exact) mass is 463 g/mol. The summed E-state index contributed by atoms with van der Waals surface area (Å²) < 4.78 is 19.0. The Morgan fingerprint density at radius 1 is 1.25 bits per heavy atom. The molecule has 1 aromatic heterocycles. The maximum Gasteiger partial charge on any atom is 0.191 e. The highest BCUT2D eigenvalue weighted by Crippen LogP contribution is 2.18. The van der Waals surface area contributed by atoms with E-state index in [1.807, 2.05) is 31.4 Å². The Morgan fingerprint density at radius 3 is 2.71 bits per heavy atom. The molecule has 0 saturated carbocycles. The quantitative estimate of drug-likeness (QED) is 0.368. The van der Waals surface area contributed by atoms with Crippen molar-refractivity contribution < 1.29 is 9.13 Å². The van der Waals surface area contributed by atoms with Gasteiger partial charge in [-0.3, -0.25) is 0 Å². The SMILES string of the molecule is CCNC(=NCc1ccc(OCC)c(F)c1)NCc1cccs1.I. The molecule has 24 heavy (non-hydrogen) atoms. The molecule has 0 amide bonds. The van der Waals surface area contributed by atoms with E-state index in [4.69, 9.17) is 4.74 Å². The third kappa shape index (κ3) is 6.64. The van der Waals surface area contributed by atoms with E-state index in [1.54, 1.807) is 17.4 Å². The van der Waals surface area contributed by atoms with Gasteiger partial charge in [0.05, 0.1) is 19.7 Å². The molecule has 0 bridgehead atoms. The first-order valence-electron chi connectivity index (χ1n) is 7.68. The second-order valence-electron chi connectivity index (χ2n) is 4.83. The third-order valence-corrected chi connectivity index (χ3v) is 3.95. The normalized spacial score (nSPS) is 10.9. The zero-order valence-electron chi connectivity index (χ0n) is 13.8. The number of thiophene rings is 1. The summed E-state index contributed by atoms with van der Waals surface area (Å²) in [5.41, 5.74) is 0.805. The van der Waals surface area contributed by atoms with Crippen LogP contribution in [-0.2, 0) is 13.1 Å². The second-order valence-corrected chi connectivity index (χ2v) is 5.86. The fourth-order valence-electron chi connectivity index (χ4n) is 2.01. The van der Waals surface area contributed by atoms with Gasteiger partial charge in [0.15, 0.2) is 17.5 Å². The average molecular weight is 463 g/mol. The average Bonchev–Trinajstić information content (AvgIpc) is 3.06. The van der Waals surface area contributed by atoms with Gasteiger partial charge in [0.25, 0.3) is 0 Å². The van der Waals surface area contributed by atoms with E-state index in [0.29, 0.717) is 13.2 Å². The fraction of sp³-hybridized carbons (Fsp3) is 0.353. The molecule has 7 heteroatoms. The second kappa shape index (κ2) is 11.2. The number of nitrogens with zero attached hydrogens (tertiary/aromatic N) is 1. The molecule has 0 atom stereocenters. The first-order valence-corrected chi connectivity index (χ1v) is 8.56. The third-order valence-electron chi connectivity index (χ3n) is 3.07. The smallest absolute Gasteiger partial charge is 0.191 e. The van der Waals surface area contributed by atoms with Crippen LogP contribution in [0.5, 0.6) is 5.75 Å². The summed E-state index contributed by atoms with van der Waals surface area (Å²) in [6.45, 7) is 6.20. The molecular weight excluding hydrogens is 440 g/mol. The van der Waals surface area contributed by atoms with Gasteiger partial charge < -0.3 is 15.4 Å². The summed E-state index contributed by atoms with van der Waals surface area (Å²) >= 11 is 1.70. The minimum atomic E-state index is -0.351. The van der Waals surface area contributed by atoms with E-state index in [1.165, 1.54) is 10.9 Å². The molecule has 1 heterocycles. The Hall–Kier alpha value is -1.35. The Bertz CT molecular complexity index is 635. The zero-order chi connectivity index (χ0) is 16.5. The highest BCUT2D eigenvalue weighted by atomic mass is 127. The summed E-state index contributed by atoms with van der Waals surface area (Å²) in [4.78, 5) is 5.73. The highest BCUT2D eigenvalue weighted by molar-refractivity contribution is 14.0. The number of aliphatic imine (C=N–C) groups is 1. The molecule has 0 saturated heterocycles. The van der Waals surface area contributed by atoms with Crippen LogP contribution in [0.4, 0.5) is 4.39 Å². The van der Waals surface area contributed by atoms with Crippen molar-refractivity contribution in [2.75, 3.05) is 13.2 Å². The number of benzene rings is 1. The van der Waals surface area contributed by atoms with Crippen LogP contribution in [0.3, 0.4) is 0 Å². The summed E-state index contributed by atoms with van der Waals surface area (Å²) in [5.74, 6) is 0.647. The summed E-state index contributed by atoms with van der Waals surface area (Å²) in [7, 11) is 0. The minimum Gasteiger partial charge on any atom is -0.491 e. The molecule has 0 radical (unpaired) electrons. The van der Waals surface area contributed by atoms with Crippen molar-refractivity contribution in [1.82, 2.24) is 10.6 Å². The number of guanidine groups is 1. The van der Waals surface area contributed by atoms with Gasteiger partial charge in [-0.15, -0.1) is 35.3 Å². The van der Waals surface area contributed by atoms with Crippen LogP contribution < -0.4 is 15.4 Å². The van der Waals surface area contributed by atoms with Gasteiger partial charge in [0, 0.05) is 11.4 Å². The van der Waals surface area contributed by atoms with Crippen molar-refractivity contribution in [1.29, 1.82) is 0 Å². The molecular formula is C17H23FIN3OS. The van der Waals surface area contributed by atoms with E-state index >= 15 is 0 Å². The largest absolute Gasteiger partial charge is 0.491 e. The van der Waals surface area contributed by atoms with Crippen LogP contribution in [0.15, 0.2) is 40.7 Å². The molecule has 2 aromatic rings. The number of halogens is 2. The standard InChI is InChI=1S/C17H22FN3OS.HI/c1-3-19-17(21-12-14-6-5-9-23-14)20-11-13-7-8-16(22-4-2)15(18)10-13;/h5-10H,3-4,11-12H2,1-2H3,(H2,19,20,21);1H. The van der Waals surface area contributed by atoms with E-state index in [9.17, 15) is 4.39 Å². The fourth-order valence-corrected chi connectivity index (χ4v) is 2.66. The number of ether oxygens (including phenoxy) is 1. The van der Waals surface area contributed by atoms with Crippen molar-refractivity contribution in [2.24, 2.45) is 4.99 Å². The van der Waals surface area contributed by atoms with Crippen LogP contribution in [-0.4, -0.2) is 19.1 Å². The van der Waals surface area contributed by atoms with E-state index in [-0.39, 0.29) is 35.5 Å². The molecule has 0 spiro atoms. The molecule has 1 aromatic carbocycles. The maximum absolute atomic E-state index is 13.8. The van der Waals surface area contributed by atoms with E-state index in [2.05, 4.69) is 21.7 Å². The van der Waals surface area contributed by atoms with Gasteiger partial charge in [-0.1, -0.05) is 12.1 Å². The minimum absolute atomic E-state index is 0. The predicted octanol–water partition coefficient (Wildman–Crippen LogP) is 4.16. The molecule has 132 valence electrons. The van der Waals surface area contributed by atoms with Gasteiger partial charge in [-0.2, -0.15) is 0 Å². The Morgan fingerprint density at radius 2 is 2.08 bits per heavy atom. The lowest BCUT2D eigenvalue weighted by molar-refractivity contribution is 0.321. The van der Waals surface area contributed by atoms with E-state index < -0.39 is 0 Å². The number of hydrogen-bond acceptors (Lipinski definition) is 3. The molecule has 2 rings (SSSR count). The van der Waals surface area contributed by atoms with Gasteiger partial charge in [-0.25, -0.2) is 9.38 Å². The van der Waals surface area contributed by atoms with Crippen LogP contribution in [0.2, 0.25) is 0 Å². The van der Waals surface area contributed by atoms with Crippen LogP contribution in [0, 0.1) is 5.82 Å². The Labute approximate surface area is 163 Å². The number of hydrogen-bond donors (Lipinski definition) is 2. The predicted molar refractivity (Wildman–Crippen MR) is 109 cm³/mol. The molecule has 4 nitrogen and oxygen atoms in total. The lowest BCUT2D eigenvalue weighted by Crippen LogP contribution is -2.36. The Kier molecular flexibility index (Phi) is 9.70. The molecule has 0 aliphatic rings. The van der Waals surface area contributed by atoms with Gasteiger partial charge in [0.2, 0.25) is 0 Å². The first kappa shape index (κ1) is 20.7. The van der Waals surface area contributed by atoms with Gasteiger partial charge in [-0.05, 0) is 43.0 Å². The van der Waals surface area contributed by atoms with Crippen molar-refractivity contribution in [3.8, 4) is 5.75 Å². The van der Waals surface area contributed by atoms with Crippen LogP contribution in [0.1, 0.15) is 24.3 Å². The lowest BCUT2D eigenvalue weighted by Gasteiger charge is -2.11. The van der Waals surface area contributed by atoms with Crippen molar-refractivity contribution >= 4 is 41.3 Å². The van der Waals surface area contributed by atoms with Gasteiger partial charge in [0.1, 0.15) is 0 Å². The Balaban J connectivity index is 0.00000288. The topological polar surface area (TPSA) is 45.7 Å². The van der Waals surface area contributed by atoms with E-state index in [0.717, 1.165) is 24.6 Å². The number of nitrogens with one attached hydrogen (secondary N) is 2. The summed E-state index contributed by atoms with van der Waals surface area (Å²) in [6.07, 6.45) is 0. The first-order chi connectivity index (χ1) is 11.2. The van der Waals surface area contributed by atoms with Gasteiger partial charge >= 0.3 is 0 Å². The van der Waals surface area contributed by atoms with Crippen LogP contribution in [0.25, 0.3) is 0 Å². The molecule has 0 unspecified atom stereocenters. The van der Waals surface area contributed by atoms with Crippen LogP contribution >= 0.6 is 35.3 Å². The van der Waals surface area contributed by atoms with Crippen molar-refractivity contribution in [3.05, 3.63) is 52.0 Å². The molecule has 0 fully saturated rings. The molecule has 2 N–H and O–H groups in total. The number of rotatable bonds is 7. The summed E-state index contributed by atoms with van der Waals surface area (Å²) in [6, 6.07) is 9.05.